The standard InChI is InChI=1S/C15H25N3O4/c1-5-22-8-6-7-18(10-11(2)15(20)21)14(19)13-9-12(3)17(4)16-13/h9,11H,5-8,10H2,1-4H3,(H,20,21). The molecule has 0 bridgehead atoms. The lowest BCUT2D eigenvalue weighted by Gasteiger charge is -2.23. The third-order valence-electron chi connectivity index (χ3n) is 3.46. The van der Waals surface area contributed by atoms with Gasteiger partial charge in [-0.25, -0.2) is 0 Å². The number of aromatic nitrogens is 2. The molecule has 0 aliphatic carbocycles. The van der Waals surface area contributed by atoms with Crippen molar-refractivity contribution in [3.8, 4) is 0 Å². The molecule has 0 saturated carbocycles. The van der Waals surface area contributed by atoms with Crippen LogP contribution in [0.1, 0.15) is 36.5 Å². The Morgan fingerprint density at radius 2 is 2.18 bits per heavy atom. The molecule has 1 aromatic rings. The average Bonchev–Trinajstić information content (AvgIpc) is 2.80. The summed E-state index contributed by atoms with van der Waals surface area (Å²) in [6.07, 6.45) is 0.664. The van der Waals surface area contributed by atoms with Crippen LogP contribution in [0.3, 0.4) is 0 Å². The Kier molecular flexibility index (Phi) is 7.04. The van der Waals surface area contributed by atoms with Crippen molar-refractivity contribution in [2.75, 3.05) is 26.3 Å². The van der Waals surface area contributed by atoms with E-state index in [1.807, 2.05) is 13.8 Å². The van der Waals surface area contributed by atoms with Crippen LogP contribution in [-0.4, -0.2) is 58.0 Å². The van der Waals surface area contributed by atoms with Crippen molar-refractivity contribution in [2.24, 2.45) is 13.0 Å². The van der Waals surface area contributed by atoms with Gasteiger partial charge in [0.2, 0.25) is 0 Å². The van der Waals surface area contributed by atoms with E-state index >= 15 is 0 Å². The third-order valence-corrected chi connectivity index (χ3v) is 3.46. The van der Waals surface area contributed by atoms with E-state index in [4.69, 9.17) is 9.84 Å². The molecule has 1 rings (SSSR count). The van der Waals surface area contributed by atoms with E-state index < -0.39 is 11.9 Å². The Labute approximate surface area is 130 Å². The van der Waals surface area contributed by atoms with E-state index in [2.05, 4.69) is 5.10 Å². The summed E-state index contributed by atoms with van der Waals surface area (Å²) >= 11 is 0. The lowest BCUT2D eigenvalue weighted by Crippen LogP contribution is -2.38. The number of ether oxygens (including phenoxy) is 1. The van der Waals surface area contributed by atoms with E-state index in [1.165, 1.54) is 0 Å². The summed E-state index contributed by atoms with van der Waals surface area (Å²) < 4.78 is 6.90. The summed E-state index contributed by atoms with van der Waals surface area (Å²) in [5.41, 5.74) is 1.22. The summed E-state index contributed by atoms with van der Waals surface area (Å²) in [7, 11) is 1.77. The molecule has 1 heterocycles. The van der Waals surface area contributed by atoms with Gasteiger partial charge in [-0.05, 0) is 26.3 Å². The van der Waals surface area contributed by atoms with Crippen LogP contribution >= 0.6 is 0 Å². The first kappa shape index (κ1) is 18.2. The number of hydrogen-bond acceptors (Lipinski definition) is 4. The summed E-state index contributed by atoms with van der Waals surface area (Å²) in [5, 5.41) is 13.2. The Morgan fingerprint density at radius 1 is 1.50 bits per heavy atom. The quantitative estimate of drug-likeness (QED) is 0.695. The number of rotatable bonds is 9. The zero-order valence-electron chi connectivity index (χ0n) is 13.7. The minimum absolute atomic E-state index is 0.163. The predicted octanol–water partition coefficient (Wildman–Crippen LogP) is 1.32. The molecule has 0 aliphatic heterocycles. The van der Waals surface area contributed by atoms with Crippen LogP contribution in [0.25, 0.3) is 0 Å². The fourth-order valence-electron chi connectivity index (χ4n) is 2.01. The summed E-state index contributed by atoms with van der Waals surface area (Å²) in [5.74, 6) is -1.78. The number of aryl methyl sites for hydroxylation is 2. The molecule has 1 atom stereocenters. The van der Waals surface area contributed by atoms with E-state index in [0.717, 1.165) is 5.69 Å². The van der Waals surface area contributed by atoms with Crippen molar-refractivity contribution >= 4 is 11.9 Å². The van der Waals surface area contributed by atoms with Gasteiger partial charge in [-0.3, -0.25) is 14.3 Å². The Hall–Kier alpha value is -1.89. The topological polar surface area (TPSA) is 84.7 Å². The van der Waals surface area contributed by atoms with Crippen LogP contribution in [-0.2, 0) is 16.6 Å². The molecule has 1 unspecified atom stereocenters. The van der Waals surface area contributed by atoms with Gasteiger partial charge in [-0.1, -0.05) is 6.92 Å². The van der Waals surface area contributed by atoms with Gasteiger partial charge in [-0.15, -0.1) is 0 Å². The smallest absolute Gasteiger partial charge is 0.308 e. The number of carbonyl (C=O) groups is 2. The first-order chi connectivity index (χ1) is 10.4. The van der Waals surface area contributed by atoms with Crippen LogP contribution in [0.4, 0.5) is 0 Å². The number of carbonyl (C=O) groups excluding carboxylic acids is 1. The second-order valence-corrected chi connectivity index (χ2v) is 5.34. The Balaban J connectivity index is 2.78. The maximum atomic E-state index is 12.5. The van der Waals surface area contributed by atoms with Crippen LogP contribution in [0, 0.1) is 12.8 Å². The van der Waals surface area contributed by atoms with Crippen molar-refractivity contribution in [1.82, 2.24) is 14.7 Å². The van der Waals surface area contributed by atoms with Gasteiger partial charge in [-0.2, -0.15) is 5.10 Å². The number of carboxylic acids is 1. The molecule has 0 fully saturated rings. The minimum atomic E-state index is -0.917. The summed E-state index contributed by atoms with van der Waals surface area (Å²) in [6, 6.07) is 1.71. The van der Waals surface area contributed by atoms with Crippen LogP contribution in [0.5, 0.6) is 0 Å². The number of amides is 1. The molecule has 124 valence electrons. The highest BCUT2D eigenvalue weighted by Gasteiger charge is 2.23. The highest BCUT2D eigenvalue weighted by molar-refractivity contribution is 5.92. The summed E-state index contributed by atoms with van der Waals surface area (Å²) in [4.78, 5) is 25.1. The molecule has 1 amide bonds. The molecule has 1 N–H and O–H groups in total. The van der Waals surface area contributed by atoms with Crippen LogP contribution < -0.4 is 0 Å². The summed E-state index contributed by atoms with van der Waals surface area (Å²) in [6.45, 7) is 7.15. The number of carboxylic acid groups (broad SMARTS) is 1. The van der Waals surface area contributed by atoms with Gasteiger partial charge in [0.25, 0.3) is 5.91 Å². The second kappa shape index (κ2) is 8.53. The van der Waals surface area contributed by atoms with Crippen molar-refractivity contribution in [1.29, 1.82) is 0 Å². The maximum Gasteiger partial charge on any atom is 0.308 e. The first-order valence-electron chi connectivity index (χ1n) is 7.47. The molecule has 0 spiro atoms. The molecule has 0 saturated heterocycles. The zero-order valence-corrected chi connectivity index (χ0v) is 13.7. The fourth-order valence-corrected chi connectivity index (χ4v) is 2.01. The molecular weight excluding hydrogens is 286 g/mol. The van der Waals surface area contributed by atoms with Gasteiger partial charge >= 0.3 is 5.97 Å². The molecule has 1 aromatic heterocycles. The number of hydrogen-bond donors (Lipinski definition) is 1. The molecular formula is C15H25N3O4. The lowest BCUT2D eigenvalue weighted by atomic mass is 10.1. The Morgan fingerprint density at radius 3 is 2.68 bits per heavy atom. The monoisotopic (exact) mass is 311 g/mol. The van der Waals surface area contributed by atoms with Crippen molar-refractivity contribution in [3.05, 3.63) is 17.5 Å². The highest BCUT2D eigenvalue weighted by atomic mass is 16.5. The van der Waals surface area contributed by atoms with E-state index in [0.29, 0.717) is 31.9 Å². The largest absolute Gasteiger partial charge is 0.481 e. The molecule has 0 aromatic carbocycles. The minimum Gasteiger partial charge on any atom is -0.481 e. The van der Waals surface area contributed by atoms with Crippen molar-refractivity contribution in [3.63, 3.8) is 0 Å². The van der Waals surface area contributed by atoms with Gasteiger partial charge in [0.15, 0.2) is 5.69 Å². The lowest BCUT2D eigenvalue weighted by molar-refractivity contribution is -0.141. The number of aliphatic carboxylic acids is 1. The Bertz CT molecular complexity index is 493. The first-order valence-corrected chi connectivity index (χ1v) is 7.47. The second-order valence-electron chi connectivity index (χ2n) is 5.34. The van der Waals surface area contributed by atoms with Crippen LogP contribution in [0.15, 0.2) is 6.07 Å². The van der Waals surface area contributed by atoms with Crippen molar-refractivity contribution in [2.45, 2.75) is 27.2 Å². The van der Waals surface area contributed by atoms with Crippen molar-refractivity contribution < 1.29 is 19.4 Å². The normalized spacial score (nSPS) is 12.2. The van der Waals surface area contributed by atoms with E-state index in [-0.39, 0.29) is 12.5 Å². The fraction of sp³-hybridized carbons (Fsp3) is 0.667. The zero-order chi connectivity index (χ0) is 16.7. The molecule has 7 heteroatoms. The maximum absolute atomic E-state index is 12.5. The average molecular weight is 311 g/mol. The number of nitrogens with zero attached hydrogens (tertiary/aromatic N) is 3. The molecule has 22 heavy (non-hydrogen) atoms. The van der Waals surface area contributed by atoms with Gasteiger partial charge in [0.05, 0.1) is 5.92 Å². The van der Waals surface area contributed by atoms with Gasteiger partial charge in [0.1, 0.15) is 0 Å². The molecule has 7 nitrogen and oxygen atoms in total. The van der Waals surface area contributed by atoms with Gasteiger partial charge < -0.3 is 14.7 Å². The molecule has 0 radical (unpaired) electrons. The third kappa shape index (κ3) is 5.14. The molecule has 0 aliphatic rings. The van der Waals surface area contributed by atoms with E-state index in [1.54, 1.807) is 29.6 Å². The van der Waals surface area contributed by atoms with E-state index in [9.17, 15) is 9.59 Å². The van der Waals surface area contributed by atoms with Crippen LogP contribution in [0.2, 0.25) is 0 Å². The SMILES string of the molecule is CCOCCCN(CC(C)C(=O)O)C(=O)c1cc(C)n(C)n1. The highest BCUT2D eigenvalue weighted by Crippen LogP contribution is 2.09. The predicted molar refractivity (Wildman–Crippen MR) is 81.8 cm³/mol. The van der Waals surface area contributed by atoms with Gasteiger partial charge in [0, 0.05) is 39.0 Å².